The summed E-state index contributed by atoms with van der Waals surface area (Å²) in [7, 11) is 1.66. The fourth-order valence-electron chi connectivity index (χ4n) is 3.23. The van der Waals surface area contributed by atoms with Gasteiger partial charge in [0.2, 0.25) is 5.88 Å². The van der Waals surface area contributed by atoms with Crippen molar-refractivity contribution in [2.75, 3.05) is 20.3 Å². The third kappa shape index (κ3) is 4.81. The zero-order valence-electron chi connectivity index (χ0n) is 16.3. The summed E-state index contributed by atoms with van der Waals surface area (Å²) in [4.78, 5) is 6.76. The molecule has 5 heteroatoms. The van der Waals surface area contributed by atoms with Crippen molar-refractivity contribution in [1.29, 1.82) is 0 Å². The van der Waals surface area contributed by atoms with E-state index in [0.29, 0.717) is 19.1 Å². The Morgan fingerprint density at radius 1 is 0.897 bits per heavy atom. The number of aromatic nitrogens is 1. The number of thioether (sulfide) groups is 1. The monoisotopic (exact) mass is 403 g/mol. The molecule has 1 aliphatic rings. The summed E-state index contributed by atoms with van der Waals surface area (Å²) in [5.74, 6) is 2.78. The summed E-state index contributed by atoms with van der Waals surface area (Å²) in [6.07, 6.45) is 1.87. The highest BCUT2D eigenvalue weighted by molar-refractivity contribution is 8.04. The average molecular weight is 404 g/mol. The van der Waals surface area contributed by atoms with E-state index in [1.165, 1.54) is 16.8 Å². The van der Waals surface area contributed by atoms with E-state index in [4.69, 9.17) is 9.47 Å². The van der Waals surface area contributed by atoms with Crippen molar-refractivity contribution in [3.8, 4) is 17.0 Å². The molecule has 4 nitrogen and oxygen atoms in total. The van der Waals surface area contributed by atoms with Gasteiger partial charge in [-0.1, -0.05) is 54.6 Å². The summed E-state index contributed by atoms with van der Waals surface area (Å²) < 4.78 is 10.6. The van der Waals surface area contributed by atoms with Crippen LogP contribution >= 0.6 is 11.8 Å². The highest BCUT2D eigenvalue weighted by atomic mass is 32.2. The molecule has 3 aromatic rings. The first-order valence-electron chi connectivity index (χ1n) is 9.52. The molecule has 29 heavy (non-hydrogen) atoms. The van der Waals surface area contributed by atoms with E-state index in [0.717, 1.165) is 17.7 Å². The van der Waals surface area contributed by atoms with Gasteiger partial charge in [0.25, 0.3) is 0 Å². The number of hydrogen-bond acceptors (Lipinski definition) is 5. The van der Waals surface area contributed by atoms with Gasteiger partial charge in [-0.15, -0.1) is 11.8 Å². The van der Waals surface area contributed by atoms with Crippen molar-refractivity contribution in [3.05, 3.63) is 95.3 Å². The van der Waals surface area contributed by atoms with Gasteiger partial charge < -0.3 is 14.4 Å². The van der Waals surface area contributed by atoms with Crippen molar-refractivity contribution in [2.24, 2.45) is 0 Å². The van der Waals surface area contributed by atoms with Crippen LogP contribution in [0.2, 0.25) is 0 Å². The van der Waals surface area contributed by atoms with E-state index < -0.39 is 0 Å². The van der Waals surface area contributed by atoms with E-state index in [1.54, 1.807) is 18.9 Å². The minimum atomic E-state index is 0.494. The van der Waals surface area contributed by atoms with Crippen LogP contribution in [0.5, 0.6) is 5.88 Å². The van der Waals surface area contributed by atoms with Crippen LogP contribution in [-0.4, -0.2) is 30.2 Å². The van der Waals surface area contributed by atoms with Gasteiger partial charge in [-0.2, -0.15) is 0 Å². The first kappa shape index (κ1) is 19.6. The fourth-order valence-corrected chi connectivity index (χ4v) is 4.01. The Bertz CT molecular complexity index is 958. The van der Waals surface area contributed by atoms with Crippen LogP contribution in [0, 0.1) is 5.88 Å². The van der Waals surface area contributed by atoms with Gasteiger partial charge in [-0.25, -0.2) is 4.98 Å². The second-order valence-corrected chi connectivity index (χ2v) is 7.35. The molecule has 0 N–H and O–H groups in total. The standard InChI is InChI=1S/C24H23N2O2S/c1-27-13-14-28-24-12-11-20(15-25-24)21-9-5-6-10-22(21)23-17-29-18-26(23)16-19-7-3-2-4-8-19/h2-12,15,17-18H,13-14,16H2,1H3. The maximum absolute atomic E-state index is 5.59. The van der Waals surface area contributed by atoms with Crippen LogP contribution in [0.3, 0.4) is 0 Å². The fraction of sp³-hybridized carbons (Fsp3) is 0.167. The van der Waals surface area contributed by atoms with Crippen molar-refractivity contribution in [2.45, 2.75) is 6.54 Å². The van der Waals surface area contributed by atoms with Crippen molar-refractivity contribution < 1.29 is 9.47 Å². The Labute approximate surface area is 176 Å². The molecular weight excluding hydrogens is 380 g/mol. The van der Waals surface area contributed by atoms with Crippen LogP contribution in [-0.2, 0) is 11.3 Å². The zero-order chi connectivity index (χ0) is 19.9. The summed E-state index contributed by atoms with van der Waals surface area (Å²) in [5, 5.41) is 2.21. The number of benzene rings is 2. The highest BCUT2D eigenvalue weighted by Crippen LogP contribution is 2.39. The van der Waals surface area contributed by atoms with Crippen LogP contribution in [0.25, 0.3) is 16.8 Å². The largest absolute Gasteiger partial charge is 0.475 e. The highest BCUT2D eigenvalue weighted by Gasteiger charge is 2.21. The molecule has 0 spiro atoms. The van der Waals surface area contributed by atoms with Crippen LogP contribution in [0.4, 0.5) is 0 Å². The second-order valence-electron chi connectivity index (χ2n) is 6.63. The summed E-state index contributed by atoms with van der Waals surface area (Å²) in [6, 6.07) is 23.0. The molecule has 0 unspecified atom stereocenters. The lowest BCUT2D eigenvalue weighted by atomic mass is 9.98. The van der Waals surface area contributed by atoms with Gasteiger partial charge in [-0.05, 0) is 22.6 Å². The van der Waals surface area contributed by atoms with E-state index in [2.05, 4.69) is 75.8 Å². The first-order valence-corrected chi connectivity index (χ1v) is 10.5. The number of nitrogens with zero attached hydrogens (tertiary/aromatic N) is 2. The molecule has 1 aromatic heterocycles. The van der Waals surface area contributed by atoms with Gasteiger partial charge in [0.05, 0.1) is 12.3 Å². The molecule has 1 aliphatic heterocycles. The van der Waals surface area contributed by atoms with Gasteiger partial charge in [-0.3, -0.25) is 0 Å². The third-order valence-electron chi connectivity index (χ3n) is 4.66. The molecule has 0 bridgehead atoms. The molecule has 4 rings (SSSR count). The lowest BCUT2D eigenvalue weighted by Gasteiger charge is -2.23. The zero-order valence-corrected chi connectivity index (χ0v) is 17.1. The molecule has 2 heterocycles. The quantitative estimate of drug-likeness (QED) is 0.468. The molecule has 0 saturated heterocycles. The minimum Gasteiger partial charge on any atom is -0.475 e. The normalized spacial score (nSPS) is 13.4. The number of pyridine rings is 1. The molecule has 0 saturated carbocycles. The van der Waals surface area contributed by atoms with Crippen molar-refractivity contribution in [3.63, 3.8) is 0 Å². The van der Waals surface area contributed by atoms with E-state index >= 15 is 0 Å². The van der Waals surface area contributed by atoms with Gasteiger partial charge in [0, 0.05) is 37.0 Å². The van der Waals surface area contributed by atoms with Crippen LogP contribution in [0.1, 0.15) is 11.1 Å². The lowest BCUT2D eigenvalue weighted by molar-refractivity contribution is 0.144. The van der Waals surface area contributed by atoms with E-state index in [9.17, 15) is 0 Å². The number of hydrogen-bond donors (Lipinski definition) is 0. The molecule has 0 atom stereocenters. The first-order chi connectivity index (χ1) is 14.3. The van der Waals surface area contributed by atoms with E-state index in [1.807, 2.05) is 18.3 Å². The molecule has 1 radical (unpaired) electrons. The Balaban J connectivity index is 1.56. The maximum Gasteiger partial charge on any atom is 0.213 e. The van der Waals surface area contributed by atoms with Crippen LogP contribution in [0.15, 0.2) is 78.3 Å². The maximum atomic E-state index is 5.59. The summed E-state index contributed by atoms with van der Waals surface area (Å²) in [5.41, 5.74) is 5.91. The van der Waals surface area contributed by atoms with Gasteiger partial charge in [0.1, 0.15) is 12.5 Å². The summed E-state index contributed by atoms with van der Waals surface area (Å²) in [6.45, 7) is 1.89. The van der Waals surface area contributed by atoms with Crippen LogP contribution < -0.4 is 4.74 Å². The van der Waals surface area contributed by atoms with Gasteiger partial charge in [0.15, 0.2) is 0 Å². The predicted molar refractivity (Wildman–Crippen MR) is 119 cm³/mol. The number of ether oxygens (including phenoxy) is 2. The molecule has 0 amide bonds. The predicted octanol–water partition coefficient (Wildman–Crippen LogP) is 5.44. The average Bonchev–Trinajstić information content (AvgIpc) is 3.23. The molecule has 2 aromatic carbocycles. The van der Waals surface area contributed by atoms with Crippen molar-refractivity contribution >= 4 is 17.5 Å². The Morgan fingerprint density at radius 3 is 2.45 bits per heavy atom. The number of rotatable bonds is 8. The minimum absolute atomic E-state index is 0.494. The Morgan fingerprint density at radius 2 is 1.69 bits per heavy atom. The SMILES string of the molecule is COCCOc1ccc(-c2ccccc2C2=CS[CH]N2Cc2ccccc2)cn1. The molecule has 147 valence electrons. The topological polar surface area (TPSA) is 34.6 Å². The molecule has 0 aliphatic carbocycles. The van der Waals surface area contributed by atoms with E-state index in [-0.39, 0.29) is 0 Å². The Hall–Kier alpha value is -2.76. The smallest absolute Gasteiger partial charge is 0.213 e. The Kier molecular flexibility index (Phi) is 6.49. The molecule has 0 fully saturated rings. The van der Waals surface area contributed by atoms with Crippen molar-refractivity contribution in [1.82, 2.24) is 9.88 Å². The third-order valence-corrected chi connectivity index (χ3v) is 5.40. The second kappa shape index (κ2) is 9.63. The lowest BCUT2D eigenvalue weighted by Crippen LogP contribution is -2.14. The number of methoxy groups -OCH3 is 1. The molecular formula is C24H23N2O2S. The van der Waals surface area contributed by atoms with Gasteiger partial charge >= 0.3 is 0 Å². The summed E-state index contributed by atoms with van der Waals surface area (Å²) >= 11 is 1.71.